The number of ether oxygens (including phenoxy) is 1. The summed E-state index contributed by atoms with van der Waals surface area (Å²) in [6.07, 6.45) is 0. The summed E-state index contributed by atoms with van der Waals surface area (Å²) in [5.74, 6) is 2.01. The van der Waals surface area contributed by atoms with Crippen LogP contribution in [0.2, 0.25) is 0 Å². The maximum Gasteiger partial charge on any atom is 0.190 e. The van der Waals surface area contributed by atoms with Crippen LogP contribution in [0.3, 0.4) is 0 Å². The van der Waals surface area contributed by atoms with Crippen LogP contribution in [0.5, 0.6) is 0 Å². The maximum absolute atomic E-state index is 5.13. The Morgan fingerprint density at radius 2 is 2.38 bits per heavy atom. The number of aliphatic imine (C=N–C) groups is 1. The molecule has 1 rings (SSSR count). The number of nitrogens with zero attached hydrogens (tertiary/aromatic N) is 1. The van der Waals surface area contributed by atoms with E-state index in [9.17, 15) is 0 Å². The third-order valence-electron chi connectivity index (χ3n) is 1.01. The summed E-state index contributed by atoms with van der Waals surface area (Å²) in [5.41, 5.74) is 0. The van der Waals surface area contributed by atoms with Crippen LogP contribution in [0.25, 0.3) is 0 Å². The molecular formula is C6H10NO. The first-order chi connectivity index (χ1) is 3.80. The largest absolute Gasteiger partial charge is 0.479 e. The molecule has 0 spiro atoms. The van der Waals surface area contributed by atoms with Crippen molar-refractivity contribution >= 4 is 5.90 Å². The summed E-state index contributed by atoms with van der Waals surface area (Å²) in [4.78, 5) is 4.09. The van der Waals surface area contributed by atoms with Crippen molar-refractivity contribution in [2.75, 3.05) is 13.2 Å². The molecule has 0 aliphatic carbocycles. The first-order valence-electron chi connectivity index (χ1n) is 2.78. The minimum absolute atomic E-state index is 0.764. The van der Waals surface area contributed by atoms with Crippen LogP contribution in [0.15, 0.2) is 4.99 Å². The summed E-state index contributed by atoms with van der Waals surface area (Å²) in [6, 6.07) is 0. The molecule has 1 aliphatic rings. The van der Waals surface area contributed by atoms with Crippen molar-refractivity contribution in [2.24, 2.45) is 4.99 Å². The van der Waals surface area contributed by atoms with Gasteiger partial charge in [-0.25, -0.2) is 0 Å². The molecule has 0 aromatic heterocycles. The number of hydrogen-bond donors (Lipinski definition) is 0. The van der Waals surface area contributed by atoms with Crippen LogP contribution in [-0.4, -0.2) is 19.0 Å². The fourth-order valence-electron chi connectivity index (χ4n) is 0.638. The van der Waals surface area contributed by atoms with E-state index in [1.165, 1.54) is 5.92 Å². The molecule has 1 aliphatic heterocycles. The van der Waals surface area contributed by atoms with E-state index in [1.54, 1.807) is 0 Å². The van der Waals surface area contributed by atoms with Crippen LogP contribution in [0.4, 0.5) is 0 Å². The highest BCUT2D eigenvalue weighted by Gasteiger charge is 2.10. The SMILES string of the molecule is C[C](C)C1=NCCO1. The Hall–Kier alpha value is -0.530. The van der Waals surface area contributed by atoms with Crippen molar-refractivity contribution in [1.29, 1.82) is 0 Å². The maximum atomic E-state index is 5.13. The predicted molar refractivity (Wildman–Crippen MR) is 32.8 cm³/mol. The molecule has 0 aromatic carbocycles. The van der Waals surface area contributed by atoms with E-state index in [-0.39, 0.29) is 0 Å². The quantitative estimate of drug-likeness (QED) is 0.496. The Balaban J connectivity index is 2.45. The van der Waals surface area contributed by atoms with Gasteiger partial charge < -0.3 is 4.74 Å². The Labute approximate surface area is 49.6 Å². The van der Waals surface area contributed by atoms with Crippen LogP contribution in [0, 0.1) is 5.92 Å². The van der Waals surface area contributed by atoms with Crippen LogP contribution < -0.4 is 0 Å². The van der Waals surface area contributed by atoms with Crippen LogP contribution >= 0.6 is 0 Å². The van der Waals surface area contributed by atoms with Gasteiger partial charge in [-0.3, -0.25) is 4.99 Å². The first kappa shape index (κ1) is 5.60. The zero-order valence-electron chi connectivity index (χ0n) is 5.27. The molecule has 0 unspecified atom stereocenters. The molecule has 0 saturated carbocycles. The summed E-state index contributed by atoms with van der Waals surface area (Å²) in [6.45, 7) is 5.61. The van der Waals surface area contributed by atoms with Gasteiger partial charge in [-0.15, -0.1) is 0 Å². The average Bonchev–Trinajstić information content (AvgIpc) is 2.12. The second-order valence-corrected chi connectivity index (χ2v) is 2.04. The molecule has 0 aromatic rings. The molecule has 0 amide bonds. The van der Waals surface area contributed by atoms with E-state index >= 15 is 0 Å². The van der Waals surface area contributed by atoms with E-state index in [1.807, 2.05) is 13.8 Å². The van der Waals surface area contributed by atoms with Gasteiger partial charge in [0.25, 0.3) is 0 Å². The topological polar surface area (TPSA) is 21.6 Å². The predicted octanol–water partition coefficient (Wildman–Crippen LogP) is 1.03. The van der Waals surface area contributed by atoms with Gasteiger partial charge in [-0.05, 0) is 0 Å². The normalized spacial score (nSPS) is 18.6. The Bertz CT molecular complexity index is 107. The molecule has 0 saturated heterocycles. The van der Waals surface area contributed by atoms with E-state index in [0.29, 0.717) is 0 Å². The Morgan fingerprint density at radius 3 is 2.62 bits per heavy atom. The fraction of sp³-hybridized carbons (Fsp3) is 0.667. The molecule has 45 valence electrons. The van der Waals surface area contributed by atoms with Gasteiger partial charge in [-0.1, -0.05) is 13.8 Å². The fourth-order valence-corrected chi connectivity index (χ4v) is 0.638. The van der Waals surface area contributed by atoms with Crippen molar-refractivity contribution in [3.05, 3.63) is 5.92 Å². The summed E-state index contributed by atoms with van der Waals surface area (Å²) >= 11 is 0. The minimum atomic E-state index is 0.764. The standard InChI is InChI=1S/C6H10NO/c1-5(2)6-7-3-4-8-6/h3-4H2,1-2H3. The van der Waals surface area contributed by atoms with Crippen molar-refractivity contribution in [1.82, 2.24) is 0 Å². The lowest BCUT2D eigenvalue weighted by atomic mass is 10.2. The molecule has 2 nitrogen and oxygen atoms in total. The average molecular weight is 112 g/mol. The smallest absolute Gasteiger partial charge is 0.190 e. The highest BCUT2D eigenvalue weighted by atomic mass is 16.5. The molecule has 0 atom stereocenters. The van der Waals surface area contributed by atoms with E-state index in [0.717, 1.165) is 19.0 Å². The van der Waals surface area contributed by atoms with Gasteiger partial charge in [0.05, 0.1) is 12.5 Å². The van der Waals surface area contributed by atoms with Crippen molar-refractivity contribution in [2.45, 2.75) is 13.8 Å². The van der Waals surface area contributed by atoms with Gasteiger partial charge in [0.15, 0.2) is 5.90 Å². The van der Waals surface area contributed by atoms with Gasteiger partial charge in [-0.2, -0.15) is 0 Å². The van der Waals surface area contributed by atoms with Gasteiger partial charge in [0.1, 0.15) is 6.61 Å². The molecular weight excluding hydrogens is 102 g/mol. The molecule has 0 bridgehead atoms. The van der Waals surface area contributed by atoms with Crippen molar-refractivity contribution in [3.63, 3.8) is 0 Å². The molecule has 0 N–H and O–H groups in total. The highest BCUT2D eigenvalue weighted by molar-refractivity contribution is 5.89. The van der Waals surface area contributed by atoms with Crippen LogP contribution in [0.1, 0.15) is 13.8 Å². The highest BCUT2D eigenvalue weighted by Crippen LogP contribution is 2.05. The van der Waals surface area contributed by atoms with E-state index in [2.05, 4.69) is 4.99 Å². The third kappa shape index (κ3) is 0.997. The number of rotatable bonds is 1. The first-order valence-corrected chi connectivity index (χ1v) is 2.78. The van der Waals surface area contributed by atoms with Gasteiger partial charge in [0, 0.05) is 0 Å². The Morgan fingerprint density at radius 1 is 1.62 bits per heavy atom. The zero-order valence-corrected chi connectivity index (χ0v) is 5.27. The van der Waals surface area contributed by atoms with E-state index in [4.69, 9.17) is 4.74 Å². The molecule has 1 heterocycles. The second-order valence-electron chi connectivity index (χ2n) is 2.04. The summed E-state index contributed by atoms with van der Waals surface area (Å²) < 4.78 is 5.13. The lowest BCUT2D eigenvalue weighted by molar-refractivity contribution is 0.343. The third-order valence-corrected chi connectivity index (χ3v) is 1.01. The molecule has 0 fully saturated rings. The van der Waals surface area contributed by atoms with Crippen molar-refractivity contribution in [3.8, 4) is 0 Å². The minimum Gasteiger partial charge on any atom is -0.479 e. The molecule has 1 radical (unpaired) electrons. The van der Waals surface area contributed by atoms with Gasteiger partial charge in [0.2, 0.25) is 0 Å². The van der Waals surface area contributed by atoms with Crippen LogP contribution in [-0.2, 0) is 4.74 Å². The monoisotopic (exact) mass is 112 g/mol. The lowest BCUT2D eigenvalue weighted by Gasteiger charge is -2.01. The number of hydrogen-bond acceptors (Lipinski definition) is 2. The van der Waals surface area contributed by atoms with Gasteiger partial charge >= 0.3 is 0 Å². The lowest BCUT2D eigenvalue weighted by Crippen LogP contribution is -2.04. The summed E-state index contributed by atoms with van der Waals surface area (Å²) in [7, 11) is 0. The van der Waals surface area contributed by atoms with Crippen molar-refractivity contribution < 1.29 is 4.74 Å². The molecule has 8 heavy (non-hydrogen) atoms. The zero-order chi connectivity index (χ0) is 5.98. The molecule has 2 heteroatoms. The summed E-state index contributed by atoms with van der Waals surface area (Å²) in [5, 5.41) is 0. The second kappa shape index (κ2) is 2.16. The van der Waals surface area contributed by atoms with E-state index < -0.39 is 0 Å². The Kier molecular flexibility index (Phi) is 1.51.